The molecule has 2 rings (SSSR count). The number of methoxy groups -OCH3 is 1. The molecule has 0 amide bonds. The van der Waals surface area contributed by atoms with Crippen molar-refractivity contribution in [1.29, 1.82) is 0 Å². The lowest BCUT2D eigenvalue weighted by Gasteiger charge is -2.36. The lowest BCUT2D eigenvalue weighted by molar-refractivity contribution is 0.198. The van der Waals surface area contributed by atoms with Crippen LogP contribution in [0.15, 0.2) is 23.1 Å². The fourth-order valence-corrected chi connectivity index (χ4v) is 4.24. The molecule has 1 aliphatic carbocycles. The Morgan fingerprint density at radius 1 is 1.43 bits per heavy atom. The Hall–Kier alpha value is -1.31. The van der Waals surface area contributed by atoms with Crippen LogP contribution in [0.3, 0.4) is 0 Å². The van der Waals surface area contributed by atoms with Crippen molar-refractivity contribution in [3.8, 4) is 5.75 Å². The maximum absolute atomic E-state index is 12.8. The zero-order valence-corrected chi connectivity index (χ0v) is 13.0. The predicted molar refractivity (Wildman–Crippen MR) is 80.6 cm³/mol. The Bertz CT molecular complexity index is 585. The van der Waals surface area contributed by atoms with Gasteiger partial charge in [-0.1, -0.05) is 6.42 Å². The van der Waals surface area contributed by atoms with Gasteiger partial charge in [-0.05, 0) is 31.4 Å². The van der Waals surface area contributed by atoms with Crippen molar-refractivity contribution in [2.45, 2.75) is 36.6 Å². The summed E-state index contributed by atoms with van der Waals surface area (Å²) < 4.78 is 32.2. The van der Waals surface area contributed by atoms with Gasteiger partial charge in [0.1, 0.15) is 10.6 Å². The maximum Gasteiger partial charge on any atom is 0.245 e. The first kappa shape index (κ1) is 16.1. The molecule has 0 unspecified atom stereocenters. The molecular formula is C14H22N2O4S. The molecule has 6 nitrogen and oxygen atoms in total. The minimum Gasteiger partial charge on any atom is -0.497 e. The van der Waals surface area contributed by atoms with Gasteiger partial charge in [-0.25, -0.2) is 8.42 Å². The lowest BCUT2D eigenvalue weighted by atomic mass is 9.93. The van der Waals surface area contributed by atoms with Gasteiger partial charge in [0.25, 0.3) is 0 Å². The van der Waals surface area contributed by atoms with Crippen LogP contribution in [0.2, 0.25) is 0 Å². The highest BCUT2D eigenvalue weighted by atomic mass is 32.2. The van der Waals surface area contributed by atoms with Crippen LogP contribution in [0.1, 0.15) is 25.7 Å². The Labute approximate surface area is 125 Å². The summed E-state index contributed by atoms with van der Waals surface area (Å²) in [6.07, 6.45) is 3.18. The minimum absolute atomic E-state index is 0.0167. The Morgan fingerprint density at radius 3 is 2.62 bits per heavy atom. The molecule has 1 aliphatic rings. The van der Waals surface area contributed by atoms with Crippen molar-refractivity contribution in [1.82, 2.24) is 4.31 Å². The monoisotopic (exact) mass is 314 g/mol. The number of rotatable bonds is 7. The molecule has 0 atom stereocenters. The zero-order chi connectivity index (χ0) is 15.5. The van der Waals surface area contributed by atoms with E-state index in [1.54, 1.807) is 6.07 Å². The first-order chi connectivity index (χ1) is 10.0. The molecule has 0 bridgehead atoms. The second kappa shape index (κ2) is 6.64. The molecular weight excluding hydrogens is 292 g/mol. The first-order valence-electron chi connectivity index (χ1n) is 7.07. The number of hydrogen-bond acceptors (Lipinski definition) is 5. The van der Waals surface area contributed by atoms with Crippen LogP contribution < -0.4 is 10.5 Å². The number of sulfonamides is 1. The molecule has 0 heterocycles. The van der Waals surface area contributed by atoms with Gasteiger partial charge in [-0.2, -0.15) is 4.31 Å². The van der Waals surface area contributed by atoms with Gasteiger partial charge in [0.15, 0.2) is 0 Å². The van der Waals surface area contributed by atoms with Gasteiger partial charge in [0.2, 0.25) is 10.0 Å². The van der Waals surface area contributed by atoms with E-state index in [2.05, 4.69) is 0 Å². The van der Waals surface area contributed by atoms with Gasteiger partial charge in [0.05, 0.1) is 12.8 Å². The summed E-state index contributed by atoms with van der Waals surface area (Å²) in [5.41, 5.74) is 6.06. The van der Waals surface area contributed by atoms with E-state index < -0.39 is 10.0 Å². The van der Waals surface area contributed by atoms with Crippen molar-refractivity contribution in [3.63, 3.8) is 0 Å². The zero-order valence-electron chi connectivity index (χ0n) is 12.2. The molecule has 1 aromatic rings. The number of ether oxygens (including phenoxy) is 1. The van der Waals surface area contributed by atoms with Gasteiger partial charge < -0.3 is 15.6 Å². The second-order valence-electron chi connectivity index (χ2n) is 5.18. The Kier molecular flexibility index (Phi) is 5.08. The molecule has 7 heteroatoms. The summed E-state index contributed by atoms with van der Waals surface area (Å²) in [6.45, 7) is 0.284. The number of aliphatic hydroxyl groups is 1. The fraction of sp³-hybridized carbons (Fsp3) is 0.571. The number of hydrogen-bond donors (Lipinski definition) is 2. The quantitative estimate of drug-likeness (QED) is 0.738. The molecule has 1 aromatic carbocycles. The highest BCUT2D eigenvalue weighted by molar-refractivity contribution is 7.89. The Morgan fingerprint density at radius 2 is 2.14 bits per heavy atom. The summed E-state index contributed by atoms with van der Waals surface area (Å²) in [6, 6.07) is 4.60. The van der Waals surface area contributed by atoms with Gasteiger partial charge in [-0.15, -0.1) is 0 Å². The van der Waals surface area contributed by atoms with E-state index in [1.807, 2.05) is 0 Å². The van der Waals surface area contributed by atoms with Crippen LogP contribution >= 0.6 is 0 Å². The molecule has 0 spiro atoms. The van der Waals surface area contributed by atoms with E-state index in [0.717, 1.165) is 19.3 Å². The van der Waals surface area contributed by atoms with Crippen LogP contribution in [-0.4, -0.2) is 44.1 Å². The second-order valence-corrected chi connectivity index (χ2v) is 7.04. The molecule has 118 valence electrons. The van der Waals surface area contributed by atoms with E-state index in [4.69, 9.17) is 15.6 Å². The maximum atomic E-state index is 12.8. The van der Waals surface area contributed by atoms with Crippen molar-refractivity contribution < 1.29 is 18.3 Å². The van der Waals surface area contributed by atoms with Crippen LogP contribution in [-0.2, 0) is 10.0 Å². The summed E-state index contributed by atoms with van der Waals surface area (Å²) in [5.74, 6) is 0.525. The number of aliphatic hydroxyl groups excluding tert-OH is 1. The third-order valence-electron chi connectivity index (χ3n) is 3.82. The molecule has 0 radical (unpaired) electrons. The molecule has 0 aromatic heterocycles. The molecule has 0 saturated heterocycles. The van der Waals surface area contributed by atoms with Gasteiger partial charge >= 0.3 is 0 Å². The normalized spacial score (nSPS) is 16.0. The number of nitrogen functional groups attached to an aromatic ring is 1. The average molecular weight is 314 g/mol. The van der Waals surface area contributed by atoms with E-state index in [9.17, 15) is 8.42 Å². The summed E-state index contributed by atoms with van der Waals surface area (Å²) >= 11 is 0. The third-order valence-corrected chi connectivity index (χ3v) is 5.85. The SMILES string of the molecule is COc1ccc(S(=O)(=O)N(CCCO)C2CCC2)c(N)c1. The summed E-state index contributed by atoms with van der Waals surface area (Å²) in [4.78, 5) is 0.105. The van der Waals surface area contributed by atoms with Crippen LogP contribution in [0.4, 0.5) is 5.69 Å². The number of nitrogens with zero attached hydrogens (tertiary/aromatic N) is 1. The van der Waals surface area contributed by atoms with E-state index in [0.29, 0.717) is 18.7 Å². The highest BCUT2D eigenvalue weighted by Gasteiger charge is 2.35. The van der Waals surface area contributed by atoms with Crippen molar-refractivity contribution in [2.24, 2.45) is 0 Å². The minimum atomic E-state index is -3.65. The molecule has 0 aliphatic heterocycles. The summed E-state index contributed by atoms with van der Waals surface area (Å²) in [7, 11) is -2.14. The standard InChI is InChI=1S/C14H22N2O4S/c1-20-12-6-7-14(13(15)10-12)21(18,19)16(8-3-9-17)11-4-2-5-11/h6-7,10-11,17H,2-5,8-9,15H2,1H3. The van der Waals surface area contributed by atoms with Crippen molar-refractivity contribution in [2.75, 3.05) is 26.0 Å². The predicted octanol–water partition coefficient (Wildman–Crippen LogP) is 1.20. The molecule has 1 saturated carbocycles. The molecule has 3 N–H and O–H groups in total. The van der Waals surface area contributed by atoms with Gasteiger partial charge in [0, 0.05) is 25.3 Å². The number of anilines is 1. The Balaban J connectivity index is 2.33. The van der Waals surface area contributed by atoms with Crippen LogP contribution in [0.5, 0.6) is 5.75 Å². The number of nitrogens with two attached hydrogens (primary N) is 1. The lowest BCUT2D eigenvalue weighted by Crippen LogP contribution is -2.45. The third kappa shape index (κ3) is 3.30. The van der Waals surface area contributed by atoms with E-state index in [1.165, 1.54) is 23.5 Å². The van der Waals surface area contributed by atoms with E-state index in [-0.39, 0.29) is 23.2 Å². The topological polar surface area (TPSA) is 92.9 Å². The molecule has 21 heavy (non-hydrogen) atoms. The van der Waals surface area contributed by atoms with Crippen molar-refractivity contribution in [3.05, 3.63) is 18.2 Å². The summed E-state index contributed by atoms with van der Waals surface area (Å²) in [5, 5.41) is 8.98. The van der Waals surface area contributed by atoms with Crippen LogP contribution in [0, 0.1) is 0 Å². The van der Waals surface area contributed by atoms with Gasteiger partial charge in [-0.3, -0.25) is 0 Å². The fourth-order valence-electron chi connectivity index (χ4n) is 2.41. The smallest absolute Gasteiger partial charge is 0.245 e. The average Bonchev–Trinajstić information content (AvgIpc) is 2.40. The largest absolute Gasteiger partial charge is 0.497 e. The molecule has 1 fully saturated rings. The van der Waals surface area contributed by atoms with E-state index >= 15 is 0 Å². The first-order valence-corrected chi connectivity index (χ1v) is 8.51. The van der Waals surface area contributed by atoms with Crippen molar-refractivity contribution >= 4 is 15.7 Å². The number of benzene rings is 1. The highest BCUT2D eigenvalue weighted by Crippen LogP contribution is 2.33. The van der Waals surface area contributed by atoms with Crippen LogP contribution in [0.25, 0.3) is 0 Å².